The normalized spacial score (nSPS) is 31.2. The van der Waals surface area contributed by atoms with Crippen LogP contribution in [0, 0.1) is 0 Å². The number of hydrogen-bond acceptors (Lipinski definition) is 4. The lowest BCUT2D eigenvalue weighted by atomic mass is 9.72. The highest BCUT2D eigenvalue weighted by atomic mass is 16.7. The molecule has 2 unspecified atom stereocenters. The van der Waals surface area contributed by atoms with Gasteiger partial charge < -0.3 is 14.0 Å². The maximum atomic E-state index is 12.7. The number of ether oxygens (including phenoxy) is 1. The van der Waals surface area contributed by atoms with E-state index in [4.69, 9.17) is 14.0 Å². The molecule has 0 saturated carbocycles. The second-order valence-electron chi connectivity index (χ2n) is 9.16. The molecule has 0 aromatic rings. The van der Waals surface area contributed by atoms with E-state index in [1.54, 1.807) is 0 Å². The molecule has 3 aliphatic heterocycles. The van der Waals surface area contributed by atoms with E-state index in [9.17, 15) is 4.79 Å². The van der Waals surface area contributed by atoms with Crippen LogP contribution in [0.25, 0.3) is 0 Å². The Balaban J connectivity index is 1.80. The molecule has 6 heteroatoms. The van der Waals surface area contributed by atoms with E-state index in [1.807, 2.05) is 25.7 Å². The first-order valence-corrected chi connectivity index (χ1v) is 8.98. The summed E-state index contributed by atoms with van der Waals surface area (Å²) in [6.45, 7) is 13.9. The van der Waals surface area contributed by atoms with Gasteiger partial charge in [0.15, 0.2) is 0 Å². The fraction of sp³-hybridized carbons (Fsp3) is 0.833. The number of carbonyl (C=O) groups excluding carboxylic acids is 1. The third-order valence-corrected chi connectivity index (χ3v) is 5.64. The van der Waals surface area contributed by atoms with Gasteiger partial charge in [-0.3, -0.25) is 4.90 Å². The van der Waals surface area contributed by atoms with Gasteiger partial charge in [0.1, 0.15) is 5.60 Å². The van der Waals surface area contributed by atoms with Crippen molar-refractivity contribution < 1.29 is 18.8 Å². The Morgan fingerprint density at radius 3 is 2.33 bits per heavy atom. The summed E-state index contributed by atoms with van der Waals surface area (Å²) in [6.07, 6.45) is 4.78. The Bertz CT molecular complexity index is 548. The molecule has 0 aromatic carbocycles. The molecule has 0 aromatic heterocycles. The molecule has 0 aliphatic carbocycles. The number of amides is 1. The summed E-state index contributed by atoms with van der Waals surface area (Å²) in [5, 5.41) is 0. The predicted molar refractivity (Wildman–Crippen MR) is 93.7 cm³/mol. The molecule has 2 fully saturated rings. The first-order valence-electron chi connectivity index (χ1n) is 8.98. The summed E-state index contributed by atoms with van der Waals surface area (Å²) in [4.78, 5) is 14.6. The van der Waals surface area contributed by atoms with Crippen LogP contribution in [0.4, 0.5) is 4.79 Å². The third-order valence-electron chi connectivity index (χ3n) is 5.64. The highest BCUT2D eigenvalue weighted by Gasteiger charge is 2.56. The first-order chi connectivity index (χ1) is 10.9. The summed E-state index contributed by atoms with van der Waals surface area (Å²) in [7, 11) is -0.385. The Morgan fingerprint density at radius 1 is 1.21 bits per heavy atom. The van der Waals surface area contributed by atoms with Crippen LogP contribution in [0.5, 0.6) is 0 Å². The molecule has 0 radical (unpaired) electrons. The van der Waals surface area contributed by atoms with Crippen molar-refractivity contribution in [3.05, 3.63) is 11.5 Å². The molecule has 5 nitrogen and oxygen atoms in total. The minimum Gasteiger partial charge on any atom is -0.444 e. The van der Waals surface area contributed by atoms with Crippen molar-refractivity contribution in [2.45, 2.75) is 96.6 Å². The lowest BCUT2D eigenvalue weighted by Crippen LogP contribution is -2.49. The Kier molecular flexibility index (Phi) is 4.08. The average Bonchev–Trinajstić information content (AvgIpc) is 2.80. The molecular formula is C18H30BNO4. The molecule has 3 aliphatic rings. The van der Waals surface area contributed by atoms with Gasteiger partial charge in [-0.2, -0.15) is 0 Å². The maximum Gasteiger partial charge on any atom is 0.492 e. The van der Waals surface area contributed by atoms with Crippen LogP contribution in [0.15, 0.2) is 11.5 Å². The highest BCUT2D eigenvalue weighted by Crippen LogP contribution is 2.44. The van der Waals surface area contributed by atoms with Crippen molar-refractivity contribution in [1.29, 1.82) is 0 Å². The van der Waals surface area contributed by atoms with Gasteiger partial charge in [-0.25, -0.2) is 4.79 Å². The Hall–Kier alpha value is -1.01. The van der Waals surface area contributed by atoms with Crippen molar-refractivity contribution in [3.63, 3.8) is 0 Å². The van der Waals surface area contributed by atoms with Crippen molar-refractivity contribution in [2.24, 2.45) is 0 Å². The predicted octanol–water partition coefficient (Wildman–Crippen LogP) is 3.72. The topological polar surface area (TPSA) is 48.0 Å². The quantitative estimate of drug-likeness (QED) is 0.685. The molecule has 3 heterocycles. The van der Waals surface area contributed by atoms with Gasteiger partial charge in [-0.05, 0) is 73.2 Å². The van der Waals surface area contributed by atoms with Crippen LogP contribution >= 0.6 is 0 Å². The molecule has 2 saturated heterocycles. The van der Waals surface area contributed by atoms with E-state index in [1.165, 1.54) is 0 Å². The van der Waals surface area contributed by atoms with E-state index >= 15 is 0 Å². The van der Waals surface area contributed by atoms with Crippen molar-refractivity contribution in [2.75, 3.05) is 0 Å². The number of nitrogens with zero attached hydrogens (tertiary/aromatic N) is 1. The van der Waals surface area contributed by atoms with Gasteiger partial charge >= 0.3 is 13.2 Å². The van der Waals surface area contributed by atoms with Crippen LogP contribution in [0.3, 0.4) is 0 Å². The van der Waals surface area contributed by atoms with Gasteiger partial charge in [-0.15, -0.1) is 0 Å². The summed E-state index contributed by atoms with van der Waals surface area (Å²) < 4.78 is 18.1. The van der Waals surface area contributed by atoms with Gasteiger partial charge in [-0.1, -0.05) is 6.08 Å². The molecule has 24 heavy (non-hydrogen) atoms. The number of rotatable bonds is 1. The van der Waals surface area contributed by atoms with Crippen molar-refractivity contribution in [3.8, 4) is 0 Å². The lowest BCUT2D eigenvalue weighted by Gasteiger charge is -2.36. The lowest BCUT2D eigenvalue weighted by molar-refractivity contribution is 0.00578. The van der Waals surface area contributed by atoms with E-state index < -0.39 is 5.60 Å². The average molecular weight is 335 g/mol. The number of fused-ring (bicyclic) bond motifs is 2. The molecule has 2 atom stereocenters. The van der Waals surface area contributed by atoms with Gasteiger partial charge in [0.25, 0.3) is 0 Å². The highest BCUT2D eigenvalue weighted by molar-refractivity contribution is 6.55. The standard InChI is InChI=1S/C18H30BNO4/c1-16(2,3)22-15(21)20-12-8-10-13(14(20)11-9-12)19-23-17(4,5)18(6,7)24-19/h10,12,14H,8-9,11H2,1-7H3. The fourth-order valence-corrected chi connectivity index (χ4v) is 3.67. The molecule has 2 bridgehead atoms. The van der Waals surface area contributed by atoms with Crippen molar-refractivity contribution in [1.82, 2.24) is 4.90 Å². The Labute approximate surface area is 145 Å². The summed E-state index contributed by atoms with van der Waals surface area (Å²) >= 11 is 0. The fourth-order valence-electron chi connectivity index (χ4n) is 3.67. The smallest absolute Gasteiger partial charge is 0.444 e. The van der Waals surface area contributed by atoms with Crippen LogP contribution in [-0.2, 0) is 14.0 Å². The van der Waals surface area contributed by atoms with Crippen LogP contribution in [0.2, 0.25) is 0 Å². The number of hydrogen-bond donors (Lipinski definition) is 0. The third kappa shape index (κ3) is 2.99. The van der Waals surface area contributed by atoms with Gasteiger partial charge in [0.05, 0.1) is 17.2 Å². The van der Waals surface area contributed by atoms with Gasteiger partial charge in [0, 0.05) is 6.04 Å². The minimum atomic E-state index is -0.484. The summed E-state index contributed by atoms with van der Waals surface area (Å²) in [6, 6.07) is 0.254. The van der Waals surface area contributed by atoms with Crippen LogP contribution < -0.4 is 0 Å². The molecule has 0 N–H and O–H groups in total. The SMILES string of the molecule is CC(C)(C)OC(=O)N1C2CC=C(B3OC(C)(C)C(C)(C)O3)C1CC2. The second-order valence-corrected chi connectivity index (χ2v) is 9.16. The van der Waals surface area contributed by atoms with E-state index in [0.717, 1.165) is 24.7 Å². The number of carbonyl (C=O) groups is 1. The van der Waals surface area contributed by atoms with Crippen LogP contribution in [0.1, 0.15) is 67.7 Å². The summed E-state index contributed by atoms with van der Waals surface area (Å²) in [5.41, 5.74) is -0.148. The molecular weight excluding hydrogens is 305 g/mol. The second kappa shape index (κ2) is 5.50. The summed E-state index contributed by atoms with van der Waals surface area (Å²) in [5.74, 6) is 0. The minimum absolute atomic E-state index is 0.0216. The molecule has 1 amide bonds. The molecule has 134 valence electrons. The van der Waals surface area contributed by atoms with Gasteiger partial charge in [0.2, 0.25) is 0 Å². The zero-order valence-corrected chi connectivity index (χ0v) is 16.0. The van der Waals surface area contributed by atoms with E-state index in [-0.39, 0.29) is 36.5 Å². The largest absolute Gasteiger partial charge is 0.492 e. The first kappa shape index (κ1) is 17.8. The monoisotopic (exact) mass is 335 g/mol. The zero-order valence-electron chi connectivity index (χ0n) is 16.0. The van der Waals surface area contributed by atoms with E-state index in [2.05, 4.69) is 33.8 Å². The van der Waals surface area contributed by atoms with Crippen LogP contribution in [-0.4, -0.2) is 47.0 Å². The van der Waals surface area contributed by atoms with Crippen molar-refractivity contribution >= 4 is 13.2 Å². The molecule has 0 spiro atoms. The maximum absolute atomic E-state index is 12.7. The van der Waals surface area contributed by atoms with E-state index in [0.29, 0.717) is 0 Å². The Morgan fingerprint density at radius 2 is 1.79 bits per heavy atom. The zero-order chi connectivity index (χ0) is 17.9. The molecule has 3 rings (SSSR count).